The molecule has 106 valence electrons. The normalized spacial score (nSPS) is 30.1. The number of piperazine rings is 1. The van der Waals surface area contributed by atoms with Crippen molar-refractivity contribution in [2.45, 2.75) is 82.3 Å². The van der Waals surface area contributed by atoms with Crippen molar-refractivity contribution in [3.05, 3.63) is 0 Å². The first-order valence-corrected chi connectivity index (χ1v) is 7.64. The summed E-state index contributed by atoms with van der Waals surface area (Å²) in [6.45, 7) is 3.66. The third kappa shape index (κ3) is 1.79. The quantitative estimate of drug-likeness (QED) is 0.787. The molecule has 0 aromatic carbocycles. The van der Waals surface area contributed by atoms with Gasteiger partial charge in [0.2, 0.25) is 11.8 Å². The molecule has 19 heavy (non-hydrogen) atoms. The van der Waals surface area contributed by atoms with Crippen LogP contribution >= 0.6 is 0 Å². The van der Waals surface area contributed by atoms with Crippen LogP contribution in [0.15, 0.2) is 0 Å². The molecule has 0 bridgehead atoms. The minimum Gasteiger partial charge on any atom is -0.340 e. The van der Waals surface area contributed by atoms with Gasteiger partial charge in [-0.25, -0.2) is 0 Å². The Hall–Kier alpha value is -1.06. The van der Waals surface area contributed by atoms with E-state index in [0.29, 0.717) is 0 Å². The van der Waals surface area contributed by atoms with E-state index in [0.717, 1.165) is 38.5 Å². The summed E-state index contributed by atoms with van der Waals surface area (Å²) in [5.74, 6) is 0.211. The van der Waals surface area contributed by atoms with Crippen molar-refractivity contribution in [3.8, 4) is 0 Å². The van der Waals surface area contributed by atoms with Crippen LogP contribution in [-0.2, 0) is 9.59 Å². The van der Waals surface area contributed by atoms with E-state index in [1.165, 1.54) is 12.8 Å². The molecule has 4 nitrogen and oxygen atoms in total. The highest BCUT2D eigenvalue weighted by molar-refractivity contribution is 6.02. The predicted molar refractivity (Wildman–Crippen MR) is 72.5 cm³/mol. The molecule has 4 heteroatoms. The molecule has 0 aromatic rings. The molecule has 1 spiro atoms. The Morgan fingerprint density at radius 3 is 2.21 bits per heavy atom. The third-order valence-electron chi connectivity index (χ3n) is 5.18. The molecular weight excluding hydrogens is 240 g/mol. The van der Waals surface area contributed by atoms with Gasteiger partial charge in [-0.05, 0) is 39.5 Å². The fraction of sp³-hybridized carbons (Fsp3) is 0.867. The predicted octanol–water partition coefficient (Wildman–Crippen LogP) is 1.98. The highest BCUT2D eigenvalue weighted by atomic mass is 16.2. The molecule has 3 fully saturated rings. The van der Waals surface area contributed by atoms with E-state index in [4.69, 9.17) is 0 Å². The summed E-state index contributed by atoms with van der Waals surface area (Å²) in [5.41, 5.74) is -1.27. The smallest absolute Gasteiger partial charge is 0.248 e. The number of amides is 2. The molecule has 2 amide bonds. The maximum atomic E-state index is 12.9. The number of nitrogens with one attached hydrogen (secondary N) is 1. The lowest BCUT2D eigenvalue weighted by Gasteiger charge is -2.51. The van der Waals surface area contributed by atoms with Gasteiger partial charge < -0.3 is 10.2 Å². The van der Waals surface area contributed by atoms with Gasteiger partial charge in [0.25, 0.3) is 0 Å². The van der Waals surface area contributed by atoms with E-state index in [-0.39, 0.29) is 17.9 Å². The summed E-state index contributed by atoms with van der Waals surface area (Å²) < 4.78 is 0. The molecule has 0 radical (unpaired) electrons. The van der Waals surface area contributed by atoms with E-state index < -0.39 is 11.1 Å². The zero-order valence-electron chi connectivity index (χ0n) is 12.0. The molecular formula is C15H24N2O2. The molecule has 2 saturated carbocycles. The largest absolute Gasteiger partial charge is 0.340 e. The number of nitrogens with zero attached hydrogens (tertiary/aromatic N) is 1. The second kappa shape index (κ2) is 4.22. The zero-order chi connectivity index (χ0) is 13.7. The molecule has 1 aliphatic heterocycles. The minimum absolute atomic E-state index is 0.0847. The average molecular weight is 264 g/mol. The van der Waals surface area contributed by atoms with Crippen LogP contribution in [0.4, 0.5) is 0 Å². The summed E-state index contributed by atoms with van der Waals surface area (Å²) in [6.07, 6.45) is 8.32. The van der Waals surface area contributed by atoms with Gasteiger partial charge in [-0.15, -0.1) is 0 Å². The fourth-order valence-electron chi connectivity index (χ4n) is 4.16. The molecule has 2 aliphatic carbocycles. The highest BCUT2D eigenvalue weighted by Gasteiger charge is 2.58. The summed E-state index contributed by atoms with van der Waals surface area (Å²) in [4.78, 5) is 27.5. The van der Waals surface area contributed by atoms with E-state index >= 15 is 0 Å². The Labute approximate surface area is 114 Å². The van der Waals surface area contributed by atoms with Gasteiger partial charge in [0.1, 0.15) is 11.1 Å². The first kappa shape index (κ1) is 12.9. The highest BCUT2D eigenvalue weighted by Crippen LogP contribution is 2.43. The van der Waals surface area contributed by atoms with Crippen LogP contribution in [0.25, 0.3) is 0 Å². The van der Waals surface area contributed by atoms with Gasteiger partial charge in [0.05, 0.1) is 0 Å². The lowest BCUT2D eigenvalue weighted by atomic mass is 9.83. The monoisotopic (exact) mass is 264 g/mol. The van der Waals surface area contributed by atoms with Gasteiger partial charge in [-0.1, -0.05) is 25.7 Å². The van der Waals surface area contributed by atoms with Gasteiger partial charge in [-0.3, -0.25) is 9.59 Å². The fourth-order valence-corrected chi connectivity index (χ4v) is 4.16. The van der Waals surface area contributed by atoms with Crippen LogP contribution in [-0.4, -0.2) is 33.8 Å². The molecule has 0 atom stereocenters. The van der Waals surface area contributed by atoms with E-state index in [1.807, 2.05) is 18.7 Å². The molecule has 1 saturated heterocycles. The second-order valence-electron chi connectivity index (χ2n) is 6.93. The van der Waals surface area contributed by atoms with E-state index in [1.54, 1.807) is 0 Å². The third-order valence-corrected chi connectivity index (χ3v) is 5.18. The van der Waals surface area contributed by atoms with Crippen molar-refractivity contribution >= 4 is 11.8 Å². The number of carbonyl (C=O) groups excluding carboxylic acids is 2. The molecule has 0 unspecified atom stereocenters. The van der Waals surface area contributed by atoms with E-state index in [9.17, 15) is 9.59 Å². The topological polar surface area (TPSA) is 49.4 Å². The maximum Gasteiger partial charge on any atom is 0.248 e. The SMILES string of the molecule is CC1(C)NC(=O)C2(CCCC2)N(C2CCCC2)C1=O. The Morgan fingerprint density at radius 2 is 1.63 bits per heavy atom. The van der Waals surface area contributed by atoms with Crippen LogP contribution in [0.5, 0.6) is 0 Å². The first-order chi connectivity index (χ1) is 8.97. The first-order valence-electron chi connectivity index (χ1n) is 7.64. The average Bonchev–Trinajstić information content (AvgIpc) is 2.98. The van der Waals surface area contributed by atoms with Crippen LogP contribution in [0.3, 0.4) is 0 Å². The number of rotatable bonds is 1. The number of hydrogen-bond acceptors (Lipinski definition) is 2. The van der Waals surface area contributed by atoms with Gasteiger partial charge >= 0.3 is 0 Å². The van der Waals surface area contributed by atoms with Gasteiger partial charge in [-0.2, -0.15) is 0 Å². The van der Waals surface area contributed by atoms with Gasteiger partial charge in [0, 0.05) is 6.04 Å². The lowest BCUT2D eigenvalue weighted by molar-refractivity contribution is -0.165. The van der Waals surface area contributed by atoms with E-state index in [2.05, 4.69) is 5.32 Å². The summed E-state index contributed by atoms with van der Waals surface area (Å²) >= 11 is 0. The second-order valence-corrected chi connectivity index (χ2v) is 6.93. The van der Waals surface area contributed by atoms with Crippen molar-refractivity contribution < 1.29 is 9.59 Å². The van der Waals surface area contributed by atoms with Crippen LogP contribution in [0.1, 0.15) is 65.2 Å². The Bertz CT molecular complexity index is 404. The maximum absolute atomic E-state index is 12.9. The Morgan fingerprint density at radius 1 is 1.05 bits per heavy atom. The summed E-state index contributed by atoms with van der Waals surface area (Å²) in [6, 6.07) is 0.288. The molecule has 1 N–H and O–H groups in total. The Balaban J connectivity index is 2.01. The van der Waals surface area contributed by atoms with Crippen molar-refractivity contribution in [3.63, 3.8) is 0 Å². The number of carbonyl (C=O) groups is 2. The summed E-state index contributed by atoms with van der Waals surface area (Å²) in [5, 5.41) is 2.96. The summed E-state index contributed by atoms with van der Waals surface area (Å²) in [7, 11) is 0. The van der Waals surface area contributed by atoms with Crippen LogP contribution < -0.4 is 5.32 Å². The molecule has 1 heterocycles. The standard InChI is InChI=1S/C15H24N2O2/c1-14(2)13(19)17(11-7-3-4-8-11)15(12(18)16-14)9-5-6-10-15/h11H,3-10H2,1-2H3,(H,16,18). The van der Waals surface area contributed by atoms with Crippen LogP contribution in [0.2, 0.25) is 0 Å². The minimum atomic E-state index is -0.743. The van der Waals surface area contributed by atoms with Crippen molar-refractivity contribution in [1.29, 1.82) is 0 Å². The van der Waals surface area contributed by atoms with Gasteiger partial charge in [0.15, 0.2) is 0 Å². The lowest BCUT2D eigenvalue weighted by Crippen LogP contribution is -2.75. The van der Waals surface area contributed by atoms with Crippen molar-refractivity contribution in [1.82, 2.24) is 10.2 Å². The molecule has 0 aromatic heterocycles. The van der Waals surface area contributed by atoms with Crippen molar-refractivity contribution in [2.24, 2.45) is 0 Å². The Kier molecular flexibility index (Phi) is 2.88. The van der Waals surface area contributed by atoms with Crippen LogP contribution in [0, 0.1) is 0 Å². The van der Waals surface area contributed by atoms with Crippen molar-refractivity contribution in [2.75, 3.05) is 0 Å². The molecule has 3 rings (SSSR count). The zero-order valence-corrected chi connectivity index (χ0v) is 12.0. The molecule has 3 aliphatic rings. The number of hydrogen-bond donors (Lipinski definition) is 1.